The number of sulfonamides is 1. The van der Waals surface area contributed by atoms with Gasteiger partial charge < -0.3 is 0 Å². The Kier molecular flexibility index (Phi) is 2.42. The molecule has 18 heavy (non-hydrogen) atoms. The van der Waals surface area contributed by atoms with Crippen LogP contribution in [0.4, 0.5) is 0 Å². The fraction of sp³-hybridized carbons (Fsp3) is 0.667. The molecule has 1 saturated heterocycles. The van der Waals surface area contributed by atoms with Gasteiger partial charge in [0.1, 0.15) is 0 Å². The van der Waals surface area contributed by atoms with Crippen LogP contribution in [0, 0.1) is 23.7 Å². The van der Waals surface area contributed by atoms with Crippen molar-refractivity contribution in [2.45, 2.75) is 19.8 Å². The summed E-state index contributed by atoms with van der Waals surface area (Å²) in [6, 6.07) is 0. The predicted molar refractivity (Wildman–Crippen MR) is 63.6 cm³/mol. The molecule has 0 aromatic carbocycles. The van der Waals surface area contributed by atoms with Crippen molar-refractivity contribution in [3.63, 3.8) is 0 Å². The van der Waals surface area contributed by atoms with Crippen molar-refractivity contribution in [2.24, 2.45) is 23.7 Å². The largest absolute Gasteiger partial charge is 0.273 e. The van der Waals surface area contributed by atoms with Crippen LogP contribution >= 0.6 is 0 Å². The number of rotatable bonds is 3. The molecule has 1 heterocycles. The third kappa shape index (κ3) is 1.35. The molecule has 3 aliphatic rings. The van der Waals surface area contributed by atoms with E-state index in [9.17, 15) is 18.0 Å². The van der Waals surface area contributed by atoms with Crippen molar-refractivity contribution in [1.29, 1.82) is 0 Å². The van der Waals surface area contributed by atoms with E-state index < -0.39 is 33.7 Å². The van der Waals surface area contributed by atoms with Crippen molar-refractivity contribution in [3.8, 4) is 0 Å². The van der Waals surface area contributed by atoms with Crippen LogP contribution in [0.2, 0.25) is 0 Å². The second-order valence-corrected chi connectivity index (χ2v) is 7.19. The highest BCUT2D eigenvalue weighted by Gasteiger charge is 2.61. The van der Waals surface area contributed by atoms with Crippen LogP contribution in [0.3, 0.4) is 0 Å². The molecule has 1 saturated carbocycles. The second-order valence-electron chi connectivity index (χ2n) is 5.26. The molecule has 2 bridgehead atoms. The van der Waals surface area contributed by atoms with E-state index in [1.807, 2.05) is 12.2 Å². The number of carbonyl (C=O) groups is 2. The Balaban J connectivity index is 1.98. The molecule has 0 spiro atoms. The zero-order chi connectivity index (χ0) is 13.1. The van der Waals surface area contributed by atoms with Crippen molar-refractivity contribution in [2.75, 3.05) is 5.75 Å². The lowest BCUT2D eigenvalue weighted by Gasteiger charge is -2.16. The molecule has 98 valence electrons. The van der Waals surface area contributed by atoms with Gasteiger partial charge in [-0.2, -0.15) is 4.31 Å². The van der Waals surface area contributed by atoms with Gasteiger partial charge in [-0.1, -0.05) is 19.1 Å². The topological polar surface area (TPSA) is 71.5 Å². The van der Waals surface area contributed by atoms with Gasteiger partial charge in [0.2, 0.25) is 21.8 Å². The average molecular weight is 269 g/mol. The zero-order valence-electron chi connectivity index (χ0n) is 10.1. The molecule has 2 amide bonds. The first-order valence-electron chi connectivity index (χ1n) is 6.26. The van der Waals surface area contributed by atoms with Gasteiger partial charge in [0.15, 0.2) is 0 Å². The Morgan fingerprint density at radius 3 is 2.11 bits per heavy atom. The minimum absolute atomic E-state index is 0.0540. The van der Waals surface area contributed by atoms with Gasteiger partial charge in [0.05, 0.1) is 17.6 Å². The summed E-state index contributed by atoms with van der Waals surface area (Å²) in [6.07, 6.45) is 5.12. The van der Waals surface area contributed by atoms with Gasteiger partial charge in [-0.25, -0.2) is 8.42 Å². The van der Waals surface area contributed by atoms with Crippen LogP contribution in [-0.2, 0) is 19.6 Å². The molecule has 1 aliphatic heterocycles. The summed E-state index contributed by atoms with van der Waals surface area (Å²) in [4.78, 5) is 24.4. The van der Waals surface area contributed by atoms with Crippen LogP contribution < -0.4 is 0 Å². The summed E-state index contributed by atoms with van der Waals surface area (Å²) >= 11 is 0. The lowest BCUT2D eigenvalue weighted by atomic mass is 9.85. The highest BCUT2D eigenvalue weighted by Crippen LogP contribution is 2.52. The first kappa shape index (κ1) is 11.9. The van der Waals surface area contributed by atoms with E-state index in [4.69, 9.17) is 0 Å². The smallest absolute Gasteiger partial charge is 0.247 e. The number of fused-ring (bicyclic) bond motifs is 5. The normalized spacial score (nSPS) is 37.7. The molecule has 0 N–H and O–H groups in total. The molecular weight excluding hydrogens is 254 g/mol. The fourth-order valence-electron chi connectivity index (χ4n) is 3.50. The van der Waals surface area contributed by atoms with Gasteiger partial charge in [0.25, 0.3) is 0 Å². The minimum Gasteiger partial charge on any atom is -0.273 e. The number of amides is 2. The molecule has 2 aliphatic carbocycles. The zero-order valence-corrected chi connectivity index (χ0v) is 10.9. The summed E-state index contributed by atoms with van der Waals surface area (Å²) in [5.41, 5.74) is 0. The number of imide groups is 1. The van der Waals surface area contributed by atoms with Gasteiger partial charge in [-0.05, 0) is 24.7 Å². The van der Waals surface area contributed by atoms with Crippen LogP contribution in [-0.4, -0.2) is 30.3 Å². The number of nitrogens with zero attached hydrogens (tertiary/aromatic N) is 1. The van der Waals surface area contributed by atoms with Crippen LogP contribution in [0.25, 0.3) is 0 Å². The Hall–Kier alpha value is -1.17. The van der Waals surface area contributed by atoms with Crippen molar-refractivity contribution in [3.05, 3.63) is 12.2 Å². The second kappa shape index (κ2) is 3.66. The van der Waals surface area contributed by atoms with Gasteiger partial charge in [0, 0.05) is 0 Å². The van der Waals surface area contributed by atoms with Crippen LogP contribution in [0.5, 0.6) is 0 Å². The number of hydrogen-bond acceptors (Lipinski definition) is 4. The van der Waals surface area contributed by atoms with Crippen LogP contribution in [0.1, 0.15) is 19.8 Å². The molecule has 0 aromatic rings. The molecule has 3 rings (SSSR count). The van der Waals surface area contributed by atoms with E-state index in [1.54, 1.807) is 6.92 Å². The van der Waals surface area contributed by atoms with E-state index in [0.717, 1.165) is 6.42 Å². The standard InChI is InChI=1S/C12H15NO4S/c1-2-5-18(16,17)13-11(14)9-7-3-4-8(6-7)10(9)12(13)15/h3-4,7-10H,2,5-6H2,1H3. The van der Waals surface area contributed by atoms with E-state index >= 15 is 0 Å². The minimum atomic E-state index is -3.76. The predicted octanol–water partition coefficient (Wildman–Crippen LogP) is 0.533. The molecule has 0 aromatic heterocycles. The molecular formula is C12H15NO4S. The Morgan fingerprint density at radius 2 is 1.67 bits per heavy atom. The van der Waals surface area contributed by atoms with Gasteiger partial charge in [-0.15, -0.1) is 0 Å². The number of carbonyl (C=O) groups excluding carboxylic acids is 2. The highest BCUT2D eigenvalue weighted by atomic mass is 32.2. The van der Waals surface area contributed by atoms with E-state index in [1.165, 1.54) is 0 Å². The molecule has 4 atom stereocenters. The molecule has 6 heteroatoms. The molecule has 5 nitrogen and oxygen atoms in total. The lowest BCUT2D eigenvalue weighted by molar-refractivity contribution is -0.134. The summed E-state index contributed by atoms with van der Waals surface area (Å²) < 4.78 is 24.5. The van der Waals surface area contributed by atoms with Crippen LogP contribution in [0.15, 0.2) is 12.2 Å². The first-order valence-corrected chi connectivity index (χ1v) is 7.87. The highest BCUT2D eigenvalue weighted by molar-refractivity contribution is 7.90. The van der Waals surface area contributed by atoms with Crippen molar-refractivity contribution >= 4 is 21.8 Å². The molecule has 0 radical (unpaired) electrons. The molecule has 2 fully saturated rings. The Morgan fingerprint density at radius 1 is 1.17 bits per heavy atom. The average Bonchev–Trinajstić information content (AvgIpc) is 2.92. The molecule has 4 unspecified atom stereocenters. The number of allylic oxidation sites excluding steroid dienone is 2. The number of hydrogen-bond donors (Lipinski definition) is 0. The van der Waals surface area contributed by atoms with Crippen molar-refractivity contribution < 1.29 is 18.0 Å². The summed E-state index contributed by atoms with van der Waals surface area (Å²) in [6.45, 7) is 1.72. The Labute approximate surface area is 106 Å². The van der Waals surface area contributed by atoms with E-state index in [-0.39, 0.29) is 17.6 Å². The quantitative estimate of drug-likeness (QED) is 0.553. The Bertz CT molecular complexity index is 520. The maximum Gasteiger partial charge on any atom is 0.247 e. The van der Waals surface area contributed by atoms with E-state index in [2.05, 4.69) is 0 Å². The van der Waals surface area contributed by atoms with Gasteiger partial charge in [-0.3, -0.25) is 9.59 Å². The fourth-order valence-corrected chi connectivity index (χ4v) is 4.99. The maximum absolute atomic E-state index is 12.2. The van der Waals surface area contributed by atoms with Crippen molar-refractivity contribution in [1.82, 2.24) is 4.31 Å². The van der Waals surface area contributed by atoms with Gasteiger partial charge >= 0.3 is 0 Å². The third-order valence-electron chi connectivity index (χ3n) is 4.17. The SMILES string of the molecule is CCCS(=O)(=O)N1C(=O)C2C3C=CC(C3)C2C1=O. The maximum atomic E-state index is 12.2. The first-order chi connectivity index (χ1) is 8.47. The summed E-state index contributed by atoms with van der Waals surface area (Å²) in [5.74, 6) is -1.91. The van der Waals surface area contributed by atoms with E-state index in [0.29, 0.717) is 10.7 Å². The lowest BCUT2D eigenvalue weighted by Crippen LogP contribution is -2.39. The third-order valence-corrected chi connectivity index (χ3v) is 6.01. The summed E-state index contributed by atoms with van der Waals surface area (Å²) in [7, 11) is -3.76. The summed E-state index contributed by atoms with van der Waals surface area (Å²) in [5, 5.41) is 0. The monoisotopic (exact) mass is 269 g/mol.